The first-order chi connectivity index (χ1) is 38.1. The van der Waals surface area contributed by atoms with E-state index in [1.54, 1.807) is 0 Å². The van der Waals surface area contributed by atoms with Crippen LogP contribution < -0.4 is 0 Å². The highest BCUT2D eigenvalue weighted by Gasteiger charge is 2.31. The standard InChI is InChI=1S/C75H96.C2H6/c1-3-27-62(44-46-63-28-12-5-13-29-63)45-48-70(49-47-64-30-14-6-15-31-64)54-60-74(59-53-68-38-22-10-23-39-68)75(61-55-69-40-24-11-25-41-69)73(58-52-67-36-20-9-21-37-67)43-26-42-72(57-51-66-34-18-8-19-35-66)71(4-2)56-50-65-32-16-7-17-33-65;1-2/h5-25,28-41,62,70-75H,3-4,26-27,42-61H2,1-2H3;1-2H3. The van der Waals surface area contributed by atoms with Crippen LogP contribution in [0.1, 0.15) is 176 Å². The minimum Gasteiger partial charge on any atom is -0.0683 e. The SMILES string of the molecule is CC.CCCC(CCc1ccccc1)CCC(CCc1ccccc1)CCC(CCc1ccccc1)C(CCc1ccccc1)C(CCCC(CCc1ccccc1)C(CC)CCc1ccccc1)CCc1ccccc1. The third kappa shape index (κ3) is 23.6. The van der Waals surface area contributed by atoms with Gasteiger partial charge < -0.3 is 0 Å². The molecule has 0 heteroatoms. The third-order valence-electron chi connectivity index (χ3n) is 17.7. The predicted molar refractivity (Wildman–Crippen MR) is 337 cm³/mol. The topological polar surface area (TPSA) is 0 Å². The Bertz CT molecular complexity index is 2430. The van der Waals surface area contributed by atoms with E-state index in [9.17, 15) is 0 Å². The van der Waals surface area contributed by atoms with Crippen LogP contribution >= 0.6 is 0 Å². The van der Waals surface area contributed by atoms with Gasteiger partial charge in [-0.15, -0.1) is 0 Å². The molecule has 0 bridgehead atoms. The van der Waals surface area contributed by atoms with Gasteiger partial charge in [0.1, 0.15) is 0 Å². The Kier molecular flexibility index (Phi) is 29.5. The largest absolute Gasteiger partial charge is 0.0683 e. The van der Waals surface area contributed by atoms with Crippen LogP contribution in [0.25, 0.3) is 0 Å². The fraction of sp³-hybridized carbons (Fsp3) is 0.455. The van der Waals surface area contributed by atoms with Crippen LogP contribution in [0.5, 0.6) is 0 Å². The van der Waals surface area contributed by atoms with Gasteiger partial charge >= 0.3 is 0 Å². The van der Waals surface area contributed by atoms with E-state index in [2.05, 4.69) is 226 Å². The normalized spacial score (nSPS) is 14.1. The molecule has 7 atom stereocenters. The number of hydrogen-bond donors (Lipinski definition) is 0. The summed E-state index contributed by atoms with van der Waals surface area (Å²) in [5.41, 5.74) is 10.5. The van der Waals surface area contributed by atoms with Crippen molar-refractivity contribution in [3.63, 3.8) is 0 Å². The molecule has 0 aromatic heterocycles. The summed E-state index contributed by atoms with van der Waals surface area (Å²) < 4.78 is 0. The Hall–Kier alpha value is -5.46. The maximum absolute atomic E-state index is 2.48. The molecule has 0 heterocycles. The van der Waals surface area contributed by atoms with Crippen molar-refractivity contribution in [3.8, 4) is 0 Å². The summed E-state index contributed by atoms with van der Waals surface area (Å²) in [5.74, 6) is 5.06. The molecular weight excluding hydrogens is 925 g/mol. The van der Waals surface area contributed by atoms with Crippen molar-refractivity contribution in [1.29, 1.82) is 0 Å². The predicted octanol–water partition coefficient (Wildman–Crippen LogP) is 21.7. The molecule has 0 amide bonds. The Balaban J connectivity index is 0.00000475. The van der Waals surface area contributed by atoms with Gasteiger partial charge in [-0.3, -0.25) is 0 Å². The van der Waals surface area contributed by atoms with Gasteiger partial charge in [0.25, 0.3) is 0 Å². The first kappa shape index (κ1) is 60.8. The lowest BCUT2D eigenvalue weighted by Crippen LogP contribution is -2.27. The summed E-state index contributed by atoms with van der Waals surface area (Å²) >= 11 is 0. The van der Waals surface area contributed by atoms with Crippen molar-refractivity contribution >= 4 is 0 Å². The number of rotatable bonds is 37. The lowest BCUT2D eigenvalue weighted by Gasteiger charge is -2.36. The highest BCUT2D eigenvalue weighted by Crippen LogP contribution is 2.41. The van der Waals surface area contributed by atoms with Gasteiger partial charge in [0.05, 0.1) is 0 Å². The fourth-order valence-electron chi connectivity index (χ4n) is 13.2. The zero-order valence-electron chi connectivity index (χ0n) is 48.7. The number of aryl methyl sites for hydroxylation is 7. The summed E-state index contributed by atoms with van der Waals surface area (Å²) in [6.45, 7) is 8.88. The lowest BCUT2D eigenvalue weighted by atomic mass is 9.69. The zero-order valence-corrected chi connectivity index (χ0v) is 48.7. The van der Waals surface area contributed by atoms with Crippen LogP contribution in [0.2, 0.25) is 0 Å². The molecule has 0 aliphatic rings. The Morgan fingerprint density at radius 2 is 0.494 bits per heavy atom. The summed E-state index contributed by atoms with van der Waals surface area (Å²) in [6.07, 6.45) is 30.6. The number of hydrogen-bond acceptors (Lipinski definition) is 0. The maximum atomic E-state index is 2.48. The highest BCUT2D eigenvalue weighted by molar-refractivity contribution is 5.20. The average Bonchev–Trinajstić information content (AvgIpc) is 3.50. The van der Waals surface area contributed by atoms with Crippen molar-refractivity contribution in [2.24, 2.45) is 41.4 Å². The van der Waals surface area contributed by atoms with E-state index in [1.807, 2.05) is 13.8 Å². The minimum absolute atomic E-state index is 0.675. The molecule has 0 nitrogen and oxygen atoms in total. The molecule has 7 rings (SSSR count). The molecule has 0 spiro atoms. The van der Waals surface area contributed by atoms with Crippen LogP contribution in [0.4, 0.5) is 0 Å². The second-order valence-electron chi connectivity index (χ2n) is 22.9. The van der Waals surface area contributed by atoms with Crippen molar-refractivity contribution in [2.75, 3.05) is 0 Å². The van der Waals surface area contributed by atoms with Gasteiger partial charge in [0, 0.05) is 0 Å². The van der Waals surface area contributed by atoms with Crippen molar-refractivity contribution in [3.05, 3.63) is 251 Å². The average molecular weight is 1030 g/mol. The first-order valence-electron chi connectivity index (χ1n) is 31.4. The molecule has 0 aliphatic carbocycles. The molecular formula is C77H102. The van der Waals surface area contributed by atoms with Gasteiger partial charge in [-0.1, -0.05) is 298 Å². The highest BCUT2D eigenvalue weighted by atomic mass is 14.4. The van der Waals surface area contributed by atoms with Gasteiger partial charge in [-0.2, -0.15) is 0 Å². The van der Waals surface area contributed by atoms with Crippen molar-refractivity contribution < 1.29 is 0 Å². The van der Waals surface area contributed by atoms with Gasteiger partial charge in [0.15, 0.2) is 0 Å². The van der Waals surface area contributed by atoms with Crippen molar-refractivity contribution in [2.45, 2.75) is 182 Å². The van der Waals surface area contributed by atoms with Gasteiger partial charge in [0.2, 0.25) is 0 Å². The molecule has 410 valence electrons. The summed E-state index contributed by atoms with van der Waals surface area (Å²) in [7, 11) is 0. The van der Waals surface area contributed by atoms with Crippen LogP contribution in [0.15, 0.2) is 212 Å². The van der Waals surface area contributed by atoms with E-state index in [0.29, 0.717) is 17.8 Å². The van der Waals surface area contributed by atoms with Crippen LogP contribution in [-0.2, 0) is 44.9 Å². The molecule has 0 saturated heterocycles. The molecule has 0 fully saturated rings. The van der Waals surface area contributed by atoms with E-state index < -0.39 is 0 Å². The van der Waals surface area contributed by atoms with Crippen LogP contribution in [0.3, 0.4) is 0 Å². The summed E-state index contributed by atoms with van der Waals surface area (Å²) in [6, 6.07) is 79.9. The Morgan fingerprint density at radius 3 is 0.831 bits per heavy atom. The number of benzene rings is 7. The van der Waals surface area contributed by atoms with Gasteiger partial charge in [-0.05, 0) is 177 Å². The molecule has 0 N–H and O–H groups in total. The van der Waals surface area contributed by atoms with Crippen LogP contribution in [-0.4, -0.2) is 0 Å². The second-order valence-corrected chi connectivity index (χ2v) is 22.9. The molecule has 7 aromatic rings. The fourth-order valence-corrected chi connectivity index (χ4v) is 13.2. The monoisotopic (exact) mass is 1030 g/mol. The second kappa shape index (κ2) is 37.4. The molecule has 7 aromatic carbocycles. The van der Waals surface area contributed by atoms with E-state index in [1.165, 1.54) is 193 Å². The van der Waals surface area contributed by atoms with Crippen molar-refractivity contribution in [1.82, 2.24) is 0 Å². The molecule has 0 radical (unpaired) electrons. The van der Waals surface area contributed by atoms with E-state index in [-0.39, 0.29) is 0 Å². The van der Waals surface area contributed by atoms with E-state index >= 15 is 0 Å². The molecule has 0 saturated carbocycles. The van der Waals surface area contributed by atoms with Gasteiger partial charge in [-0.25, -0.2) is 0 Å². The minimum atomic E-state index is 0.675. The maximum Gasteiger partial charge on any atom is -0.0276 e. The quantitative estimate of drug-likeness (QED) is 0.0364. The molecule has 77 heavy (non-hydrogen) atoms. The Morgan fingerprint density at radius 1 is 0.234 bits per heavy atom. The Labute approximate surface area is 472 Å². The lowest BCUT2D eigenvalue weighted by molar-refractivity contribution is 0.153. The summed E-state index contributed by atoms with van der Waals surface area (Å²) in [5, 5.41) is 0. The smallest absolute Gasteiger partial charge is 0.0276 e. The molecule has 7 unspecified atom stereocenters. The third-order valence-corrected chi connectivity index (χ3v) is 17.7. The first-order valence-corrected chi connectivity index (χ1v) is 31.4. The van der Waals surface area contributed by atoms with E-state index in [4.69, 9.17) is 0 Å². The van der Waals surface area contributed by atoms with Crippen LogP contribution in [0, 0.1) is 41.4 Å². The van der Waals surface area contributed by atoms with E-state index in [0.717, 1.165) is 23.7 Å². The zero-order chi connectivity index (χ0) is 53.8. The molecule has 0 aliphatic heterocycles. The summed E-state index contributed by atoms with van der Waals surface area (Å²) in [4.78, 5) is 0.